The number of rotatable bonds is 7. The number of hydrogen-bond donors (Lipinski definition) is 1. The van der Waals surface area contributed by atoms with Crippen molar-refractivity contribution in [2.75, 3.05) is 93.9 Å². The zero-order valence-electron chi connectivity index (χ0n) is 22.4. The summed E-state index contributed by atoms with van der Waals surface area (Å²) in [7, 11) is 0. The summed E-state index contributed by atoms with van der Waals surface area (Å²) >= 11 is 0. The van der Waals surface area contributed by atoms with Crippen molar-refractivity contribution in [3.63, 3.8) is 0 Å². The Morgan fingerprint density at radius 1 is 0.675 bits per heavy atom. The van der Waals surface area contributed by atoms with Gasteiger partial charge in [0.1, 0.15) is 18.0 Å². The third kappa shape index (κ3) is 5.36. The average Bonchev–Trinajstić information content (AvgIpc) is 3.35. The molecule has 7 rings (SSSR count). The highest BCUT2D eigenvalue weighted by Crippen LogP contribution is 2.31. The molecule has 3 aromatic rings. The third-order valence-electron chi connectivity index (χ3n) is 8.39. The number of anilines is 4. The molecule has 0 aliphatic carbocycles. The SMILES string of the molecule is Fc1cc(F)cc(-n2cnc(Nc3cc(N4CCN(C5COC5)CC4)cc(N4CCN(C5COC5)CC4)c3)n2)c1.[HH]. The first-order valence-electron chi connectivity index (χ1n) is 14.0. The molecule has 0 amide bonds. The largest absolute Gasteiger partial charge is 0.378 e. The van der Waals surface area contributed by atoms with Gasteiger partial charge in [-0.15, -0.1) is 5.10 Å². The van der Waals surface area contributed by atoms with Crippen LogP contribution in [0.3, 0.4) is 0 Å². The van der Waals surface area contributed by atoms with Crippen molar-refractivity contribution in [2.24, 2.45) is 0 Å². The van der Waals surface area contributed by atoms with Crippen LogP contribution < -0.4 is 15.1 Å². The molecule has 5 heterocycles. The molecule has 4 aliphatic rings. The second kappa shape index (κ2) is 10.9. The molecule has 0 bridgehead atoms. The topological polar surface area (TPSA) is 74.2 Å². The molecule has 0 saturated carbocycles. The molecular formula is C28H36F2N8O2. The first-order chi connectivity index (χ1) is 19.6. The van der Waals surface area contributed by atoms with Gasteiger partial charge < -0.3 is 24.6 Å². The van der Waals surface area contributed by atoms with E-state index in [4.69, 9.17) is 9.47 Å². The van der Waals surface area contributed by atoms with Crippen LogP contribution in [0.1, 0.15) is 1.43 Å². The number of piperazine rings is 2. The van der Waals surface area contributed by atoms with E-state index < -0.39 is 11.6 Å². The van der Waals surface area contributed by atoms with E-state index in [1.54, 1.807) is 0 Å². The molecule has 0 atom stereocenters. The summed E-state index contributed by atoms with van der Waals surface area (Å²) in [6.07, 6.45) is 1.45. The fourth-order valence-electron chi connectivity index (χ4n) is 5.84. The van der Waals surface area contributed by atoms with Crippen LogP contribution >= 0.6 is 0 Å². The van der Waals surface area contributed by atoms with E-state index >= 15 is 0 Å². The van der Waals surface area contributed by atoms with Crippen molar-refractivity contribution in [1.29, 1.82) is 0 Å². The van der Waals surface area contributed by atoms with Crippen LogP contribution in [0.4, 0.5) is 31.8 Å². The Morgan fingerprint density at radius 2 is 1.20 bits per heavy atom. The molecule has 0 radical (unpaired) electrons. The quantitative estimate of drug-likeness (QED) is 0.475. The highest BCUT2D eigenvalue weighted by atomic mass is 19.1. The standard InChI is InChI=1S/C28H34F2N8O2.H2/c29-20-9-21(30)11-25(10-20)38-19-31-28(33-38)32-22-12-23(34-1-5-36(6-2-34)26-15-39-16-26)14-24(13-22)35-3-7-37(8-4-35)27-17-40-18-27;/h9-14,19,26-27H,1-8,15-18H2,(H,32,33);1H. The highest BCUT2D eigenvalue weighted by molar-refractivity contribution is 5.71. The summed E-state index contributed by atoms with van der Waals surface area (Å²) in [4.78, 5) is 14.3. The lowest BCUT2D eigenvalue weighted by Gasteiger charge is -2.44. The summed E-state index contributed by atoms with van der Waals surface area (Å²) < 4.78 is 39.7. The van der Waals surface area contributed by atoms with E-state index in [-0.39, 0.29) is 7.11 Å². The lowest BCUT2D eigenvalue weighted by molar-refractivity contribution is -0.0661. The first-order valence-corrected chi connectivity index (χ1v) is 14.0. The maximum absolute atomic E-state index is 13.7. The number of benzene rings is 2. The summed E-state index contributed by atoms with van der Waals surface area (Å²) in [5.74, 6) is -0.961. The Morgan fingerprint density at radius 3 is 1.68 bits per heavy atom. The minimum absolute atomic E-state index is 0. The Hall–Kier alpha value is -3.32. The van der Waals surface area contributed by atoms with E-state index in [9.17, 15) is 8.78 Å². The van der Waals surface area contributed by atoms with E-state index in [1.807, 2.05) is 0 Å². The van der Waals surface area contributed by atoms with Gasteiger partial charge in [-0.25, -0.2) is 13.5 Å². The molecule has 40 heavy (non-hydrogen) atoms. The van der Waals surface area contributed by atoms with Crippen LogP contribution in [0.25, 0.3) is 5.69 Å². The molecule has 4 fully saturated rings. The molecule has 12 heteroatoms. The van der Waals surface area contributed by atoms with Gasteiger partial charge in [-0.3, -0.25) is 9.80 Å². The second-order valence-corrected chi connectivity index (χ2v) is 10.9. The number of hydrogen-bond acceptors (Lipinski definition) is 9. The Bertz CT molecular complexity index is 1270. The van der Waals surface area contributed by atoms with Crippen LogP contribution in [0.2, 0.25) is 0 Å². The van der Waals surface area contributed by atoms with Gasteiger partial charge in [0, 0.05) is 76.9 Å². The van der Waals surface area contributed by atoms with E-state index in [1.165, 1.54) is 23.1 Å². The Balaban J connectivity index is 0.00000302. The van der Waals surface area contributed by atoms with Crippen molar-refractivity contribution in [3.8, 4) is 5.69 Å². The molecule has 0 unspecified atom stereocenters. The Labute approximate surface area is 233 Å². The van der Waals surface area contributed by atoms with Gasteiger partial charge in [0.15, 0.2) is 0 Å². The van der Waals surface area contributed by atoms with E-state index in [0.717, 1.165) is 102 Å². The molecular weight excluding hydrogens is 518 g/mol. The first kappa shape index (κ1) is 25.6. The van der Waals surface area contributed by atoms with Gasteiger partial charge in [0.2, 0.25) is 5.95 Å². The number of halogens is 2. The van der Waals surface area contributed by atoms with Gasteiger partial charge in [0.05, 0.1) is 44.2 Å². The molecule has 4 saturated heterocycles. The third-order valence-corrected chi connectivity index (χ3v) is 8.39. The minimum Gasteiger partial charge on any atom is -0.378 e. The maximum Gasteiger partial charge on any atom is 0.246 e. The lowest BCUT2D eigenvalue weighted by Crippen LogP contribution is -2.57. The van der Waals surface area contributed by atoms with E-state index in [2.05, 4.69) is 53.2 Å². The zero-order valence-corrected chi connectivity index (χ0v) is 22.4. The molecule has 1 N–H and O–H groups in total. The van der Waals surface area contributed by atoms with E-state index in [0.29, 0.717) is 18.0 Å². The smallest absolute Gasteiger partial charge is 0.246 e. The maximum atomic E-state index is 13.7. The molecule has 0 spiro atoms. The van der Waals surface area contributed by atoms with Crippen molar-refractivity contribution in [1.82, 2.24) is 24.6 Å². The monoisotopic (exact) mass is 554 g/mol. The number of ether oxygens (including phenoxy) is 2. The van der Waals surface area contributed by atoms with Gasteiger partial charge in [-0.2, -0.15) is 4.98 Å². The van der Waals surface area contributed by atoms with Crippen LogP contribution in [-0.4, -0.2) is 115 Å². The summed E-state index contributed by atoms with van der Waals surface area (Å²) in [5, 5.41) is 7.76. The van der Waals surface area contributed by atoms with Crippen LogP contribution in [0.5, 0.6) is 0 Å². The fraction of sp³-hybridized carbons (Fsp3) is 0.500. The van der Waals surface area contributed by atoms with Crippen molar-refractivity contribution < 1.29 is 19.7 Å². The van der Waals surface area contributed by atoms with Crippen molar-refractivity contribution in [2.45, 2.75) is 12.1 Å². The predicted molar refractivity (Wildman–Crippen MR) is 150 cm³/mol. The number of nitrogens with one attached hydrogen (secondary N) is 1. The van der Waals surface area contributed by atoms with Gasteiger partial charge in [-0.05, 0) is 30.3 Å². The summed E-state index contributed by atoms with van der Waals surface area (Å²) in [6.45, 7) is 11.2. The normalized spacial score (nSPS) is 21.4. The number of aromatic nitrogens is 3. The lowest BCUT2D eigenvalue weighted by atomic mass is 10.1. The van der Waals surface area contributed by atoms with Gasteiger partial charge in [-0.1, -0.05) is 0 Å². The zero-order chi connectivity index (χ0) is 27.1. The van der Waals surface area contributed by atoms with Crippen LogP contribution in [-0.2, 0) is 9.47 Å². The number of nitrogens with zero attached hydrogens (tertiary/aromatic N) is 7. The van der Waals surface area contributed by atoms with Crippen molar-refractivity contribution in [3.05, 3.63) is 54.4 Å². The molecule has 1 aromatic heterocycles. The molecule has 2 aromatic carbocycles. The average molecular weight is 555 g/mol. The minimum atomic E-state index is -0.660. The highest BCUT2D eigenvalue weighted by Gasteiger charge is 2.31. The summed E-state index contributed by atoms with van der Waals surface area (Å²) in [6, 6.07) is 11.0. The second-order valence-electron chi connectivity index (χ2n) is 10.9. The van der Waals surface area contributed by atoms with Crippen LogP contribution in [0.15, 0.2) is 42.7 Å². The van der Waals surface area contributed by atoms with Gasteiger partial charge in [0.25, 0.3) is 0 Å². The fourth-order valence-corrected chi connectivity index (χ4v) is 5.84. The Kier molecular flexibility index (Phi) is 7.00. The van der Waals surface area contributed by atoms with Crippen molar-refractivity contribution >= 4 is 23.0 Å². The predicted octanol–water partition coefficient (Wildman–Crippen LogP) is 2.58. The summed E-state index contributed by atoms with van der Waals surface area (Å²) in [5.41, 5.74) is 3.47. The molecule has 214 valence electrons. The van der Waals surface area contributed by atoms with Crippen LogP contribution in [0, 0.1) is 11.6 Å². The van der Waals surface area contributed by atoms with Gasteiger partial charge >= 0.3 is 0 Å². The molecule has 4 aliphatic heterocycles. The molecule has 10 nitrogen and oxygen atoms in total.